The monoisotopic (exact) mass is 282 g/mol. The molecule has 1 aliphatic heterocycles. The molecule has 7 nitrogen and oxygen atoms in total. The first-order valence-electron chi connectivity index (χ1n) is 6.70. The molecule has 2 aliphatic rings. The first-order valence-corrected chi connectivity index (χ1v) is 6.70. The van der Waals surface area contributed by atoms with Crippen LogP contribution in [0.3, 0.4) is 0 Å². The van der Waals surface area contributed by atoms with Gasteiger partial charge in [-0.15, -0.1) is 0 Å². The van der Waals surface area contributed by atoms with E-state index in [-0.39, 0.29) is 30.1 Å². The van der Waals surface area contributed by atoms with Crippen LogP contribution in [0.15, 0.2) is 9.59 Å². The number of hydrogen-bond acceptors (Lipinski definition) is 5. The molecule has 3 rings (SSSR count). The van der Waals surface area contributed by atoms with Gasteiger partial charge in [0.25, 0.3) is 5.56 Å². The fourth-order valence-electron chi connectivity index (χ4n) is 3.15. The fourth-order valence-corrected chi connectivity index (χ4v) is 3.15. The second kappa shape index (κ2) is 4.54. The van der Waals surface area contributed by atoms with Gasteiger partial charge in [0.1, 0.15) is 6.10 Å². The summed E-state index contributed by atoms with van der Waals surface area (Å²) in [4.78, 5) is 25.8. The zero-order chi connectivity index (χ0) is 14.6. The van der Waals surface area contributed by atoms with Crippen LogP contribution >= 0.6 is 0 Å². The SMILES string of the molecule is Cc1c([C@@H]2O[C@H](CO)C3CC3C2O)c(=O)[nH]c(=O)n1C. The number of aliphatic hydroxyl groups excluding tert-OH is 2. The summed E-state index contributed by atoms with van der Waals surface area (Å²) in [7, 11) is 1.55. The van der Waals surface area contributed by atoms with E-state index in [0.717, 1.165) is 6.42 Å². The Morgan fingerprint density at radius 3 is 2.75 bits per heavy atom. The molecule has 7 heteroatoms. The molecule has 0 spiro atoms. The molecule has 2 heterocycles. The minimum absolute atomic E-state index is 0.0573. The number of hydrogen-bond donors (Lipinski definition) is 3. The van der Waals surface area contributed by atoms with E-state index in [4.69, 9.17) is 4.74 Å². The smallest absolute Gasteiger partial charge is 0.328 e. The molecule has 1 saturated carbocycles. The van der Waals surface area contributed by atoms with Crippen molar-refractivity contribution in [1.82, 2.24) is 9.55 Å². The van der Waals surface area contributed by atoms with Crippen molar-refractivity contribution in [1.29, 1.82) is 0 Å². The number of nitrogens with zero attached hydrogens (tertiary/aromatic N) is 1. The highest BCUT2D eigenvalue weighted by Crippen LogP contribution is 2.53. The lowest BCUT2D eigenvalue weighted by Crippen LogP contribution is -2.42. The number of rotatable bonds is 2. The van der Waals surface area contributed by atoms with Crippen LogP contribution in [-0.4, -0.2) is 38.6 Å². The molecule has 1 aromatic rings. The lowest BCUT2D eigenvalue weighted by molar-refractivity contribution is -0.139. The molecule has 0 radical (unpaired) electrons. The van der Waals surface area contributed by atoms with Gasteiger partial charge in [-0.05, 0) is 25.2 Å². The molecule has 1 saturated heterocycles. The molecule has 0 aromatic carbocycles. The second-order valence-corrected chi connectivity index (χ2v) is 5.65. The van der Waals surface area contributed by atoms with Crippen LogP contribution in [0, 0.1) is 18.8 Å². The highest BCUT2D eigenvalue weighted by Gasteiger charge is 2.55. The Morgan fingerprint density at radius 2 is 2.10 bits per heavy atom. The molecule has 1 aliphatic carbocycles. The first-order chi connectivity index (χ1) is 9.45. The second-order valence-electron chi connectivity index (χ2n) is 5.65. The minimum atomic E-state index is -0.800. The summed E-state index contributed by atoms with van der Waals surface area (Å²) < 4.78 is 7.03. The first kappa shape index (κ1) is 13.5. The molecule has 3 N–H and O–H groups in total. The third kappa shape index (κ3) is 1.85. The van der Waals surface area contributed by atoms with Gasteiger partial charge in [0.05, 0.1) is 24.4 Å². The predicted molar refractivity (Wildman–Crippen MR) is 69.3 cm³/mol. The maximum absolute atomic E-state index is 12.1. The third-order valence-electron chi connectivity index (χ3n) is 4.57. The van der Waals surface area contributed by atoms with Gasteiger partial charge in [-0.3, -0.25) is 9.78 Å². The van der Waals surface area contributed by atoms with Crippen LogP contribution < -0.4 is 11.2 Å². The normalized spacial score (nSPS) is 35.7. The van der Waals surface area contributed by atoms with Crippen molar-refractivity contribution in [3.63, 3.8) is 0 Å². The molecule has 5 atom stereocenters. The maximum Gasteiger partial charge on any atom is 0.328 e. The largest absolute Gasteiger partial charge is 0.394 e. The van der Waals surface area contributed by atoms with Crippen LogP contribution in [0.2, 0.25) is 0 Å². The van der Waals surface area contributed by atoms with Crippen molar-refractivity contribution >= 4 is 0 Å². The fraction of sp³-hybridized carbons (Fsp3) is 0.692. The van der Waals surface area contributed by atoms with Crippen molar-refractivity contribution < 1.29 is 14.9 Å². The predicted octanol–water partition coefficient (Wildman–Crippen LogP) is -1.19. The van der Waals surface area contributed by atoms with Gasteiger partial charge in [-0.25, -0.2) is 4.79 Å². The highest BCUT2D eigenvalue weighted by atomic mass is 16.5. The molecule has 3 unspecified atom stereocenters. The van der Waals surface area contributed by atoms with Crippen molar-refractivity contribution in [3.05, 3.63) is 32.1 Å². The summed E-state index contributed by atoms with van der Waals surface area (Å²) in [5, 5.41) is 19.6. The molecular weight excluding hydrogens is 264 g/mol. The lowest BCUT2D eigenvalue weighted by atomic mass is 9.95. The number of aliphatic hydroxyl groups is 2. The Hall–Kier alpha value is -1.44. The van der Waals surface area contributed by atoms with Gasteiger partial charge in [-0.2, -0.15) is 0 Å². The molecule has 0 bridgehead atoms. The summed E-state index contributed by atoms with van der Waals surface area (Å²) in [6, 6.07) is 0. The van der Waals surface area contributed by atoms with Crippen molar-refractivity contribution in [2.24, 2.45) is 18.9 Å². The number of fused-ring (bicyclic) bond motifs is 1. The zero-order valence-electron chi connectivity index (χ0n) is 11.4. The van der Waals surface area contributed by atoms with Crippen LogP contribution in [0.4, 0.5) is 0 Å². The highest BCUT2D eigenvalue weighted by molar-refractivity contribution is 5.23. The van der Waals surface area contributed by atoms with Gasteiger partial charge in [0.2, 0.25) is 0 Å². The van der Waals surface area contributed by atoms with Crippen LogP contribution in [-0.2, 0) is 11.8 Å². The quantitative estimate of drug-likeness (QED) is 0.633. The maximum atomic E-state index is 12.1. The molecular formula is C13H18N2O5. The van der Waals surface area contributed by atoms with E-state index < -0.39 is 23.5 Å². The number of nitrogens with one attached hydrogen (secondary N) is 1. The number of H-pyrrole nitrogens is 1. The summed E-state index contributed by atoms with van der Waals surface area (Å²) >= 11 is 0. The molecule has 0 amide bonds. The van der Waals surface area contributed by atoms with Crippen molar-refractivity contribution in [3.8, 4) is 0 Å². The number of aromatic amines is 1. The Kier molecular flexibility index (Phi) is 3.07. The molecule has 2 fully saturated rings. The van der Waals surface area contributed by atoms with Crippen molar-refractivity contribution in [2.45, 2.75) is 31.7 Å². The molecule has 1 aromatic heterocycles. The third-order valence-corrected chi connectivity index (χ3v) is 4.57. The molecule has 20 heavy (non-hydrogen) atoms. The number of ether oxygens (including phenoxy) is 1. The van der Waals surface area contributed by atoms with Gasteiger partial charge in [0, 0.05) is 12.7 Å². The Bertz CT molecular complexity index is 649. The standard InChI is InChI=1S/C13H18N2O5/c1-5-9(12(18)14-13(19)15(5)2)11-10(17)7-3-6(7)8(4-16)20-11/h6-8,10-11,16-17H,3-4H2,1-2H3,(H,14,18,19)/t6?,7?,8-,10?,11+/m1/s1. The van der Waals surface area contributed by atoms with Gasteiger partial charge < -0.3 is 19.5 Å². The van der Waals surface area contributed by atoms with E-state index in [0.29, 0.717) is 5.69 Å². The lowest BCUT2D eigenvalue weighted by Gasteiger charge is -2.33. The minimum Gasteiger partial charge on any atom is -0.394 e. The van der Waals surface area contributed by atoms with E-state index in [9.17, 15) is 19.8 Å². The van der Waals surface area contributed by atoms with Gasteiger partial charge in [0.15, 0.2) is 0 Å². The Morgan fingerprint density at radius 1 is 1.40 bits per heavy atom. The summed E-state index contributed by atoms with van der Waals surface area (Å²) in [5.74, 6) is 0.222. The van der Waals surface area contributed by atoms with Crippen LogP contribution in [0.5, 0.6) is 0 Å². The summed E-state index contributed by atoms with van der Waals surface area (Å²) in [5.41, 5.74) is -0.294. The zero-order valence-corrected chi connectivity index (χ0v) is 11.4. The average Bonchev–Trinajstić information content (AvgIpc) is 3.19. The summed E-state index contributed by atoms with van der Waals surface area (Å²) in [6.45, 7) is 1.52. The Balaban J connectivity index is 2.06. The van der Waals surface area contributed by atoms with E-state index in [2.05, 4.69) is 4.98 Å². The summed E-state index contributed by atoms with van der Waals surface area (Å²) in [6.07, 6.45) is -1.14. The van der Waals surface area contributed by atoms with E-state index in [1.807, 2.05) is 0 Å². The van der Waals surface area contributed by atoms with Crippen molar-refractivity contribution in [2.75, 3.05) is 6.61 Å². The van der Waals surface area contributed by atoms with E-state index in [1.165, 1.54) is 4.57 Å². The van der Waals surface area contributed by atoms with Crippen LogP contribution in [0.25, 0.3) is 0 Å². The van der Waals surface area contributed by atoms with E-state index in [1.54, 1.807) is 14.0 Å². The average molecular weight is 282 g/mol. The number of aromatic nitrogens is 2. The topological polar surface area (TPSA) is 105 Å². The van der Waals surface area contributed by atoms with Gasteiger partial charge >= 0.3 is 5.69 Å². The Labute approximate surface area is 114 Å². The molecule has 110 valence electrons. The van der Waals surface area contributed by atoms with E-state index >= 15 is 0 Å². The van der Waals surface area contributed by atoms with Crippen LogP contribution in [0.1, 0.15) is 23.8 Å². The van der Waals surface area contributed by atoms with Gasteiger partial charge in [-0.1, -0.05) is 0 Å².